The highest BCUT2D eigenvalue weighted by Gasteiger charge is 2.31. The third kappa shape index (κ3) is 5.28. The van der Waals surface area contributed by atoms with Gasteiger partial charge in [-0.2, -0.15) is 0 Å². The van der Waals surface area contributed by atoms with E-state index in [4.69, 9.17) is 14.2 Å². The lowest BCUT2D eigenvalue weighted by Crippen LogP contribution is -2.37. The van der Waals surface area contributed by atoms with Crippen molar-refractivity contribution in [2.24, 2.45) is 11.8 Å². The summed E-state index contributed by atoms with van der Waals surface area (Å²) in [6, 6.07) is 8.73. The number of hydrogen-bond donors (Lipinski definition) is 2. The molecule has 1 saturated carbocycles. The third-order valence-electron chi connectivity index (χ3n) is 6.14. The number of aromatic nitrogens is 1. The van der Waals surface area contributed by atoms with Crippen molar-refractivity contribution in [2.45, 2.75) is 45.1 Å². The lowest BCUT2D eigenvalue weighted by molar-refractivity contribution is -0.00575. The van der Waals surface area contributed by atoms with E-state index in [0.717, 1.165) is 25.7 Å². The Morgan fingerprint density at radius 3 is 2.65 bits per heavy atom. The molecule has 0 saturated heterocycles. The monoisotopic (exact) mass is 426 g/mol. The van der Waals surface area contributed by atoms with Crippen molar-refractivity contribution in [1.82, 2.24) is 10.3 Å². The third-order valence-corrected chi connectivity index (χ3v) is 6.14. The molecule has 2 aliphatic rings. The van der Waals surface area contributed by atoms with Crippen molar-refractivity contribution in [2.75, 3.05) is 19.8 Å². The first kappa shape index (κ1) is 21.4. The van der Waals surface area contributed by atoms with Crippen LogP contribution >= 0.6 is 0 Å². The SMILES string of the molecule is CC(C)(O)C1CCC(CNC(=O)c2cccnc2Oc2ccc3c(c2)OCCO3)CC1. The van der Waals surface area contributed by atoms with Gasteiger partial charge in [0, 0.05) is 18.8 Å². The van der Waals surface area contributed by atoms with Crippen LogP contribution in [-0.2, 0) is 0 Å². The highest BCUT2D eigenvalue weighted by atomic mass is 16.6. The number of carbonyl (C=O) groups is 1. The molecule has 1 aliphatic heterocycles. The van der Waals surface area contributed by atoms with E-state index in [0.29, 0.717) is 54.4 Å². The van der Waals surface area contributed by atoms with Gasteiger partial charge in [-0.25, -0.2) is 4.98 Å². The topological polar surface area (TPSA) is 89.9 Å². The summed E-state index contributed by atoms with van der Waals surface area (Å²) < 4.78 is 17.0. The second kappa shape index (κ2) is 9.14. The first-order chi connectivity index (χ1) is 14.9. The Bertz CT molecular complexity index is 916. The molecule has 0 spiro atoms. The van der Waals surface area contributed by atoms with E-state index in [2.05, 4.69) is 10.3 Å². The van der Waals surface area contributed by atoms with Crippen LogP contribution in [0.2, 0.25) is 0 Å². The van der Waals surface area contributed by atoms with Crippen LogP contribution in [0.4, 0.5) is 0 Å². The zero-order valence-corrected chi connectivity index (χ0v) is 18.1. The first-order valence-corrected chi connectivity index (χ1v) is 10.9. The summed E-state index contributed by atoms with van der Waals surface area (Å²) in [6.07, 6.45) is 5.57. The number of nitrogens with one attached hydrogen (secondary N) is 1. The fraction of sp³-hybridized carbons (Fsp3) is 0.500. The fourth-order valence-electron chi connectivity index (χ4n) is 4.25. The smallest absolute Gasteiger partial charge is 0.256 e. The average Bonchev–Trinajstić information content (AvgIpc) is 2.77. The van der Waals surface area contributed by atoms with Crippen molar-refractivity contribution >= 4 is 5.91 Å². The van der Waals surface area contributed by atoms with Crippen LogP contribution < -0.4 is 19.5 Å². The Hall–Kier alpha value is -2.80. The minimum absolute atomic E-state index is 0.203. The quantitative estimate of drug-likeness (QED) is 0.727. The predicted octanol–water partition coefficient (Wildman–Crippen LogP) is 3.95. The normalized spacial score (nSPS) is 20.7. The lowest BCUT2D eigenvalue weighted by Gasteiger charge is -2.35. The zero-order chi connectivity index (χ0) is 21.8. The number of amides is 1. The molecule has 1 aromatic heterocycles. The molecule has 1 fully saturated rings. The number of rotatable bonds is 6. The number of fused-ring (bicyclic) bond motifs is 1. The van der Waals surface area contributed by atoms with E-state index in [-0.39, 0.29) is 11.8 Å². The van der Waals surface area contributed by atoms with Crippen LogP contribution in [0.15, 0.2) is 36.5 Å². The maximum atomic E-state index is 12.8. The molecule has 0 atom stereocenters. The standard InChI is InChI=1S/C24H30N2O5/c1-24(2,28)17-7-5-16(6-8-17)15-26-22(27)19-4-3-11-25-23(19)31-18-9-10-20-21(14-18)30-13-12-29-20/h3-4,9-11,14,16-17,28H,5-8,12-13,15H2,1-2H3,(H,26,27). The summed E-state index contributed by atoms with van der Waals surface area (Å²) in [7, 11) is 0. The minimum atomic E-state index is -0.635. The van der Waals surface area contributed by atoms with Gasteiger partial charge < -0.3 is 24.6 Å². The molecule has 166 valence electrons. The van der Waals surface area contributed by atoms with Gasteiger partial charge in [0.25, 0.3) is 5.91 Å². The van der Waals surface area contributed by atoms with Gasteiger partial charge in [0.05, 0.1) is 5.60 Å². The van der Waals surface area contributed by atoms with Gasteiger partial charge in [-0.3, -0.25) is 4.79 Å². The molecule has 1 aromatic carbocycles. The number of carbonyl (C=O) groups excluding carboxylic acids is 1. The molecule has 2 heterocycles. The van der Waals surface area contributed by atoms with Crippen molar-refractivity contribution < 1.29 is 24.1 Å². The molecule has 1 amide bonds. The van der Waals surface area contributed by atoms with Crippen molar-refractivity contribution in [1.29, 1.82) is 0 Å². The second-order valence-electron chi connectivity index (χ2n) is 8.84. The van der Waals surface area contributed by atoms with Crippen molar-refractivity contribution in [3.8, 4) is 23.1 Å². The van der Waals surface area contributed by atoms with Gasteiger partial charge in [0.2, 0.25) is 5.88 Å². The number of pyridine rings is 1. The Labute approximate surface area is 182 Å². The van der Waals surface area contributed by atoms with E-state index in [9.17, 15) is 9.90 Å². The molecule has 7 heteroatoms. The van der Waals surface area contributed by atoms with E-state index < -0.39 is 5.60 Å². The van der Waals surface area contributed by atoms with E-state index in [1.165, 1.54) is 0 Å². The predicted molar refractivity (Wildman–Crippen MR) is 116 cm³/mol. The van der Waals surface area contributed by atoms with Crippen LogP contribution in [0.3, 0.4) is 0 Å². The van der Waals surface area contributed by atoms with E-state index in [1.54, 1.807) is 36.5 Å². The largest absolute Gasteiger partial charge is 0.486 e. The van der Waals surface area contributed by atoms with Gasteiger partial charge in [-0.05, 0) is 75.6 Å². The average molecular weight is 427 g/mol. The van der Waals surface area contributed by atoms with Crippen LogP contribution in [0.5, 0.6) is 23.1 Å². The van der Waals surface area contributed by atoms with Gasteiger partial charge >= 0.3 is 0 Å². The fourth-order valence-corrected chi connectivity index (χ4v) is 4.25. The van der Waals surface area contributed by atoms with Crippen LogP contribution in [0.25, 0.3) is 0 Å². The molecule has 0 unspecified atom stereocenters. The number of hydrogen-bond acceptors (Lipinski definition) is 6. The molecule has 0 bridgehead atoms. The number of benzene rings is 1. The maximum Gasteiger partial charge on any atom is 0.256 e. The zero-order valence-electron chi connectivity index (χ0n) is 18.1. The number of ether oxygens (including phenoxy) is 3. The van der Waals surface area contributed by atoms with Gasteiger partial charge in [0.15, 0.2) is 11.5 Å². The molecule has 4 rings (SSSR count). The highest BCUT2D eigenvalue weighted by Crippen LogP contribution is 2.36. The van der Waals surface area contributed by atoms with Crippen molar-refractivity contribution in [3.05, 3.63) is 42.1 Å². The van der Waals surface area contributed by atoms with Gasteiger partial charge in [-0.15, -0.1) is 0 Å². The van der Waals surface area contributed by atoms with Crippen molar-refractivity contribution in [3.63, 3.8) is 0 Å². The first-order valence-electron chi connectivity index (χ1n) is 10.9. The maximum absolute atomic E-state index is 12.8. The van der Waals surface area contributed by atoms with Crippen LogP contribution in [0, 0.1) is 11.8 Å². The molecule has 0 radical (unpaired) electrons. The Balaban J connectivity index is 1.36. The number of nitrogens with zero attached hydrogens (tertiary/aromatic N) is 1. The summed E-state index contributed by atoms with van der Waals surface area (Å²) >= 11 is 0. The summed E-state index contributed by atoms with van der Waals surface area (Å²) in [4.78, 5) is 17.1. The lowest BCUT2D eigenvalue weighted by atomic mass is 9.75. The molecule has 7 nitrogen and oxygen atoms in total. The number of aliphatic hydroxyl groups is 1. The van der Waals surface area contributed by atoms with E-state index >= 15 is 0 Å². The Kier molecular flexibility index (Phi) is 6.32. The molecule has 2 aromatic rings. The van der Waals surface area contributed by atoms with Crippen LogP contribution in [0.1, 0.15) is 49.9 Å². The molecular formula is C24H30N2O5. The Morgan fingerprint density at radius 2 is 1.90 bits per heavy atom. The highest BCUT2D eigenvalue weighted by molar-refractivity contribution is 5.96. The molecule has 1 aliphatic carbocycles. The van der Waals surface area contributed by atoms with Crippen LogP contribution in [-0.4, -0.2) is 41.4 Å². The molecular weight excluding hydrogens is 396 g/mol. The summed E-state index contributed by atoms with van der Waals surface area (Å²) in [5, 5.41) is 13.2. The second-order valence-corrected chi connectivity index (χ2v) is 8.84. The summed E-state index contributed by atoms with van der Waals surface area (Å²) in [5.74, 6) is 2.61. The van der Waals surface area contributed by atoms with Gasteiger partial charge in [0.1, 0.15) is 24.5 Å². The molecule has 2 N–H and O–H groups in total. The summed E-state index contributed by atoms with van der Waals surface area (Å²) in [6.45, 7) is 5.38. The van der Waals surface area contributed by atoms with Gasteiger partial charge in [-0.1, -0.05) is 0 Å². The minimum Gasteiger partial charge on any atom is -0.486 e. The summed E-state index contributed by atoms with van der Waals surface area (Å²) in [5.41, 5.74) is -0.244. The van der Waals surface area contributed by atoms with E-state index in [1.807, 2.05) is 13.8 Å². The molecule has 31 heavy (non-hydrogen) atoms. The Morgan fingerprint density at radius 1 is 1.16 bits per heavy atom.